The minimum atomic E-state index is -0.587. The first-order valence-electron chi connectivity index (χ1n) is 8.25. The molecule has 4 aromatic rings. The third kappa shape index (κ3) is 3.63. The van der Waals surface area contributed by atoms with E-state index >= 15 is 0 Å². The molecule has 0 spiro atoms. The highest BCUT2D eigenvalue weighted by atomic mass is 32.1. The molecule has 8 nitrogen and oxygen atoms in total. The topological polar surface area (TPSA) is 94.8 Å². The van der Waals surface area contributed by atoms with Gasteiger partial charge >= 0.3 is 0 Å². The van der Waals surface area contributed by atoms with Crippen LogP contribution < -0.4 is 10.1 Å². The Bertz CT molecular complexity index is 1050. The Balaban J connectivity index is 1.60. The zero-order valence-electron chi connectivity index (χ0n) is 14.4. The van der Waals surface area contributed by atoms with E-state index in [0.717, 1.165) is 15.8 Å². The minimum Gasteiger partial charge on any atom is -0.494 e. The van der Waals surface area contributed by atoms with Crippen molar-refractivity contribution in [1.29, 1.82) is 0 Å². The normalized spacial score (nSPS) is 12.0. The number of carbonyl (C=O) groups is 1. The number of fused-ring (bicyclic) bond motifs is 1. The van der Waals surface area contributed by atoms with Gasteiger partial charge < -0.3 is 10.1 Å². The highest BCUT2D eigenvalue weighted by Gasteiger charge is 2.23. The Morgan fingerprint density at radius 1 is 1.22 bits per heavy atom. The van der Waals surface area contributed by atoms with Gasteiger partial charge in [-0.05, 0) is 28.1 Å². The number of rotatable bonds is 6. The van der Waals surface area contributed by atoms with Crippen LogP contribution in [0.25, 0.3) is 10.2 Å². The molecule has 2 aromatic heterocycles. The van der Waals surface area contributed by atoms with E-state index < -0.39 is 6.04 Å². The van der Waals surface area contributed by atoms with Crippen LogP contribution in [-0.2, 0) is 11.2 Å². The van der Waals surface area contributed by atoms with Crippen LogP contribution in [-0.4, -0.2) is 38.2 Å². The van der Waals surface area contributed by atoms with Crippen LogP contribution in [0.2, 0.25) is 0 Å². The lowest BCUT2D eigenvalue weighted by Crippen LogP contribution is -2.28. The van der Waals surface area contributed by atoms with Crippen molar-refractivity contribution in [2.75, 3.05) is 12.4 Å². The summed E-state index contributed by atoms with van der Waals surface area (Å²) < 4.78 is 7.72. The van der Waals surface area contributed by atoms with Crippen molar-refractivity contribution in [3.05, 3.63) is 60.4 Å². The van der Waals surface area contributed by atoms with Crippen molar-refractivity contribution in [3.8, 4) is 5.75 Å². The van der Waals surface area contributed by atoms with Crippen molar-refractivity contribution < 1.29 is 9.53 Å². The second kappa shape index (κ2) is 7.50. The number of methoxy groups -OCH3 is 1. The Morgan fingerprint density at radius 3 is 2.81 bits per heavy atom. The van der Waals surface area contributed by atoms with Crippen LogP contribution in [0, 0.1) is 0 Å². The van der Waals surface area contributed by atoms with Crippen molar-refractivity contribution in [2.45, 2.75) is 12.5 Å². The number of hydrogen-bond donors (Lipinski definition) is 1. The van der Waals surface area contributed by atoms with Crippen molar-refractivity contribution in [1.82, 2.24) is 25.2 Å². The molecule has 0 radical (unpaired) electrons. The molecule has 0 fully saturated rings. The maximum atomic E-state index is 13.0. The number of para-hydroxylation sites is 1. The molecule has 1 unspecified atom stereocenters. The van der Waals surface area contributed by atoms with E-state index in [9.17, 15) is 4.79 Å². The molecule has 0 aliphatic rings. The molecule has 2 heterocycles. The molecule has 1 atom stereocenters. The molecular weight excluding hydrogens is 364 g/mol. The third-order valence-electron chi connectivity index (χ3n) is 4.09. The summed E-state index contributed by atoms with van der Waals surface area (Å²) in [6.45, 7) is 0. The molecule has 0 saturated heterocycles. The van der Waals surface area contributed by atoms with Gasteiger partial charge in [0.05, 0.1) is 11.8 Å². The summed E-state index contributed by atoms with van der Waals surface area (Å²) >= 11 is 1.39. The molecule has 0 saturated carbocycles. The van der Waals surface area contributed by atoms with Crippen LogP contribution >= 0.6 is 11.3 Å². The lowest BCUT2D eigenvalue weighted by atomic mass is 10.1. The largest absolute Gasteiger partial charge is 0.494 e. The summed E-state index contributed by atoms with van der Waals surface area (Å²) in [5, 5.41) is 14.6. The first-order chi connectivity index (χ1) is 13.2. The fraction of sp³-hybridized carbons (Fsp3) is 0.167. The quantitative estimate of drug-likeness (QED) is 0.553. The van der Waals surface area contributed by atoms with Crippen LogP contribution in [0.4, 0.5) is 5.13 Å². The highest BCUT2D eigenvalue weighted by molar-refractivity contribution is 7.22. The number of ether oxygens (including phenoxy) is 1. The third-order valence-corrected chi connectivity index (χ3v) is 5.03. The molecule has 0 aliphatic heterocycles. The number of benzene rings is 2. The van der Waals surface area contributed by atoms with E-state index in [-0.39, 0.29) is 5.91 Å². The van der Waals surface area contributed by atoms with Crippen molar-refractivity contribution >= 4 is 32.6 Å². The Kier molecular flexibility index (Phi) is 4.75. The summed E-state index contributed by atoms with van der Waals surface area (Å²) in [5.74, 6) is 0.440. The Morgan fingerprint density at radius 2 is 2.07 bits per heavy atom. The summed E-state index contributed by atoms with van der Waals surface area (Å²) in [5.41, 5.74) is 1.74. The lowest BCUT2D eigenvalue weighted by Gasteiger charge is -2.15. The van der Waals surface area contributed by atoms with E-state index in [4.69, 9.17) is 4.74 Å². The van der Waals surface area contributed by atoms with Gasteiger partial charge in [-0.3, -0.25) is 4.79 Å². The average Bonchev–Trinajstić information content (AvgIpc) is 3.36. The van der Waals surface area contributed by atoms with Crippen molar-refractivity contribution in [2.24, 2.45) is 0 Å². The molecular formula is C18H16N6O2S. The average molecular weight is 380 g/mol. The van der Waals surface area contributed by atoms with E-state index in [0.29, 0.717) is 17.3 Å². The van der Waals surface area contributed by atoms with Gasteiger partial charge in [0.2, 0.25) is 0 Å². The lowest BCUT2D eigenvalue weighted by molar-refractivity contribution is -0.119. The zero-order valence-corrected chi connectivity index (χ0v) is 15.3. The molecule has 27 heavy (non-hydrogen) atoms. The van der Waals surface area contributed by atoms with E-state index in [2.05, 4.69) is 25.8 Å². The number of anilines is 1. The van der Waals surface area contributed by atoms with Gasteiger partial charge in [0, 0.05) is 6.42 Å². The molecule has 136 valence electrons. The van der Waals surface area contributed by atoms with E-state index in [1.807, 2.05) is 48.5 Å². The van der Waals surface area contributed by atoms with Gasteiger partial charge in [0.1, 0.15) is 23.6 Å². The number of tetrazole rings is 1. The minimum absolute atomic E-state index is 0.232. The molecule has 2 aromatic carbocycles. The molecule has 9 heteroatoms. The van der Waals surface area contributed by atoms with E-state index in [1.54, 1.807) is 7.11 Å². The smallest absolute Gasteiger partial charge is 0.251 e. The number of thiazole rings is 1. The second-order valence-corrected chi connectivity index (χ2v) is 6.84. The predicted octanol–water partition coefficient (Wildman–Crippen LogP) is 2.71. The summed E-state index contributed by atoms with van der Waals surface area (Å²) in [4.78, 5) is 17.4. The van der Waals surface area contributed by atoms with Crippen molar-refractivity contribution in [3.63, 3.8) is 0 Å². The summed E-state index contributed by atoms with van der Waals surface area (Å²) in [7, 11) is 1.60. The maximum Gasteiger partial charge on any atom is 0.251 e. The second-order valence-electron chi connectivity index (χ2n) is 5.81. The van der Waals surface area contributed by atoms with Crippen LogP contribution in [0.3, 0.4) is 0 Å². The standard InChI is InChI=1S/C18H16N6O2S/c1-26-14-8-5-9-15-16(14)20-18(27-15)21-17(25)13(24-11-19-22-23-24)10-12-6-3-2-4-7-12/h2-9,11,13H,10H2,1H3,(H,20,21,25). The number of nitrogens with zero attached hydrogens (tertiary/aromatic N) is 5. The molecule has 0 aliphatic carbocycles. The van der Waals surface area contributed by atoms with Gasteiger partial charge in [0.15, 0.2) is 5.13 Å². The SMILES string of the molecule is COc1cccc2sc(NC(=O)C(Cc3ccccc3)n3cnnn3)nc12. The fourth-order valence-corrected chi connectivity index (χ4v) is 3.67. The maximum absolute atomic E-state index is 13.0. The number of amides is 1. The number of aromatic nitrogens is 5. The van der Waals surface area contributed by atoms with E-state index in [1.165, 1.54) is 22.3 Å². The molecule has 1 N–H and O–H groups in total. The van der Waals surface area contributed by atoms with Gasteiger partial charge in [0.25, 0.3) is 5.91 Å². The fourth-order valence-electron chi connectivity index (χ4n) is 2.79. The number of nitrogens with one attached hydrogen (secondary N) is 1. The first-order valence-corrected chi connectivity index (χ1v) is 9.07. The van der Waals surface area contributed by atoms with Crippen LogP contribution in [0.5, 0.6) is 5.75 Å². The van der Waals surface area contributed by atoms with Crippen LogP contribution in [0.1, 0.15) is 11.6 Å². The molecule has 1 amide bonds. The highest BCUT2D eigenvalue weighted by Crippen LogP contribution is 2.32. The summed E-state index contributed by atoms with van der Waals surface area (Å²) in [6, 6.07) is 14.8. The van der Waals surface area contributed by atoms with Gasteiger partial charge in [-0.2, -0.15) is 0 Å². The van der Waals surface area contributed by atoms with Gasteiger partial charge in [-0.15, -0.1) is 5.10 Å². The number of hydrogen-bond acceptors (Lipinski definition) is 7. The van der Waals surface area contributed by atoms with Gasteiger partial charge in [-0.25, -0.2) is 9.67 Å². The monoisotopic (exact) mass is 380 g/mol. The first kappa shape index (κ1) is 17.1. The molecule has 4 rings (SSSR count). The van der Waals surface area contributed by atoms with Crippen LogP contribution in [0.15, 0.2) is 54.9 Å². The zero-order chi connectivity index (χ0) is 18.6. The predicted molar refractivity (Wildman–Crippen MR) is 102 cm³/mol. The van der Waals surface area contributed by atoms with Gasteiger partial charge in [-0.1, -0.05) is 47.7 Å². The Hall–Kier alpha value is -3.33. The molecule has 0 bridgehead atoms. The number of carbonyl (C=O) groups excluding carboxylic acids is 1. The Labute approximate surface area is 158 Å². The summed E-state index contributed by atoms with van der Waals surface area (Å²) in [6.07, 6.45) is 1.90.